The van der Waals surface area contributed by atoms with Crippen LogP contribution >= 0.6 is 0 Å². The smallest absolute Gasteiger partial charge is 0.159 e. The van der Waals surface area contributed by atoms with Crippen molar-refractivity contribution in [2.75, 3.05) is 41.5 Å². The average Bonchev–Trinajstić information content (AvgIpc) is 2.91. The lowest BCUT2D eigenvalue weighted by molar-refractivity contribution is -0.141. The molecule has 0 rings (SSSR count). The van der Waals surface area contributed by atoms with Crippen molar-refractivity contribution in [3.63, 3.8) is 0 Å². The molecule has 5 heteroatoms. The van der Waals surface area contributed by atoms with Crippen LogP contribution in [0.25, 0.3) is 0 Å². The minimum absolute atomic E-state index is 0.0764. The molecule has 0 saturated heterocycles. The molecule has 0 aliphatic carbocycles. The second-order valence-electron chi connectivity index (χ2n) is 11.1. The molecule has 0 bridgehead atoms. The molecule has 0 aliphatic rings. The second-order valence-corrected chi connectivity index (χ2v) is 11.1. The Labute approximate surface area is 232 Å². The molecule has 37 heavy (non-hydrogen) atoms. The maximum Gasteiger partial charge on any atom is 0.159 e. The Morgan fingerprint density at radius 1 is 0.405 bits per heavy atom. The first kappa shape index (κ1) is 36.8. The molecule has 0 radical (unpaired) electrons. The number of ether oxygens (including phenoxy) is 4. The number of rotatable bonds is 30. The van der Waals surface area contributed by atoms with Gasteiger partial charge in [0.2, 0.25) is 0 Å². The van der Waals surface area contributed by atoms with Crippen LogP contribution in [0, 0.1) is 11.8 Å². The van der Waals surface area contributed by atoms with Crippen LogP contribution in [0.2, 0.25) is 0 Å². The van der Waals surface area contributed by atoms with E-state index >= 15 is 0 Å². The number of unbranched alkanes of at least 4 members (excludes halogenated alkanes) is 12. The monoisotopic (exact) mass is 530 g/mol. The van der Waals surface area contributed by atoms with Gasteiger partial charge in [0.1, 0.15) is 0 Å². The van der Waals surface area contributed by atoms with Crippen molar-refractivity contribution in [3.05, 3.63) is 0 Å². The fourth-order valence-corrected chi connectivity index (χ4v) is 5.63. The Hall–Kier alpha value is -0.200. The Kier molecular flexibility index (Phi) is 28.6. The molecular formula is C32H67NO4. The van der Waals surface area contributed by atoms with E-state index in [1.807, 2.05) is 0 Å². The second kappa shape index (κ2) is 28.8. The highest BCUT2D eigenvalue weighted by Crippen LogP contribution is 2.24. The number of nitrogens with one attached hydrogen (secondary N) is 1. The van der Waals surface area contributed by atoms with Crippen LogP contribution in [-0.4, -0.2) is 54.1 Å². The molecule has 0 aliphatic heterocycles. The molecule has 224 valence electrons. The first-order valence-corrected chi connectivity index (χ1v) is 16.0. The molecule has 2 unspecified atom stereocenters. The predicted molar refractivity (Wildman–Crippen MR) is 159 cm³/mol. The maximum atomic E-state index is 5.64. The summed E-state index contributed by atoms with van der Waals surface area (Å²) in [5, 5.41) is 3.67. The zero-order chi connectivity index (χ0) is 27.4. The van der Waals surface area contributed by atoms with Crippen molar-refractivity contribution in [3.8, 4) is 0 Å². The quantitative estimate of drug-likeness (QED) is 0.0743. The van der Waals surface area contributed by atoms with Crippen molar-refractivity contribution in [1.82, 2.24) is 5.32 Å². The lowest BCUT2D eigenvalue weighted by Crippen LogP contribution is -2.27. The van der Waals surface area contributed by atoms with E-state index < -0.39 is 0 Å². The molecule has 0 aromatic carbocycles. The fraction of sp³-hybridized carbons (Fsp3) is 1.00. The molecule has 0 saturated carbocycles. The van der Waals surface area contributed by atoms with E-state index in [-0.39, 0.29) is 12.6 Å². The molecule has 5 nitrogen and oxygen atoms in total. The summed E-state index contributed by atoms with van der Waals surface area (Å²) in [4.78, 5) is 0. The van der Waals surface area contributed by atoms with Crippen LogP contribution in [-0.2, 0) is 18.9 Å². The third-order valence-electron chi connectivity index (χ3n) is 7.91. The third-order valence-corrected chi connectivity index (χ3v) is 7.91. The van der Waals surface area contributed by atoms with E-state index in [0.717, 1.165) is 25.9 Å². The summed E-state index contributed by atoms with van der Waals surface area (Å²) in [6.45, 7) is 6.69. The van der Waals surface area contributed by atoms with Gasteiger partial charge in [-0.25, -0.2) is 0 Å². The van der Waals surface area contributed by atoms with Gasteiger partial charge in [0.05, 0.1) is 0 Å². The van der Waals surface area contributed by atoms with Crippen LogP contribution in [0.15, 0.2) is 0 Å². The minimum atomic E-state index is -0.0764. The van der Waals surface area contributed by atoms with Crippen LogP contribution in [0.3, 0.4) is 0 Å². The molecular weight excluding hydrogens is 462 g/mol. The van der Waals surface area contributed by atoms with Gasteiger partial charge in [0.15, 0.2) is 12.6 Å². The van der Waals surface area contributed by atoms with E-state index in [4.69, 9.17) is 18.9 Å². The van der Waals surface area contributed by atoms with E-state index in [2.05, 4.69) is 19.2 Å². The van der Waals surface area contributed by atoms with Gasteiger partial charge < -0.3 is 24.3 Å². The largest absolute Gasteiger partial charge is 0.356 e. The zero-order valence-corrected chi connectivity index (χ0v) is 26.0. The Morgan fingerprint density at radius 2 is 0.703 bits per heavy atom. The zero-order valence-electron chi connectivity index (χ0n) is 26.0. The van der Waals surface area contributed by atoms with Crippen molar-refractivity contribution in [2.24, 2.45) is 11.8 Å². The van der Waals surface area contributed by atoms with Gasteiger partial charge in [-0.2, -0.15) is 0 Å². The van der Waals surface area contributed by atoms with Gasteiger partial charge in [-0.05, 0) is 51.6 Å². The molecule has 0 aromatic rings. The van der Waals surface area contributed by atoms with Crippen molar-refractivity contribution in [2.45, 2.75) is 155 Å². The topological polar surface area (TPSA) is 49.0 Å². The van der Waals surface area contributed by atoms with Gasteiger partial charge in [0, 0.05) is 40.3 Å². The molecule has 1 N–H and O–H groups in total. The van der Waals surface area contributed by atoms with Crippen LogP contribution < -0.4 is 5.32 Å². The molecule has 2 atom stereocenters. The van der Waals surface area contributed by atoms with Crippen molar-refractivity contribution < 1.29 is 18.9 Å². The highest BCUT2D eigenvalue weighted by molar-refractivity contribution is 4.67. The number of hydrogen-bond donors (Lipinski definition) is 1. The summed E-state index contributed by atoms with van der Waals surface area (Å²) in [5.74, 6) is 0.978. The Balaban J connectivity index is 4.15. The summed E-state index contributed by atoms with van der Waals surface area (Å²) in [6, 6.07) is 0. The van der Waals surface area contributed by atoms with Gasteiger partial charge in [-0.3, -0.25) is 0 Å². The minimum Gasteiger partial charge on any atom is -0.356 e. The summed E-state index contributed by atoms with van der Waals surface area (Å²) < 4.78 is 22.5. The third kappa shape index (κ3) is 21.3. The van der Waals surface area contributed by atoms with Crippen LogP contribution in [0.4, 0.5) is 0 Å². The summed E-state index contributed by atoms with van der Waals surface area (Å²) in [6.07, 6.45) is 25.8. The normalized spacial score (nSPS) is 13.6. The lowest BCUT2D eigenvalue weighted by Gasteiger charge is -2.25. The van der Waals surface area contributed by atoms with E-state index in [1.165, 1.54) is 116 Å². The molecule has 0 amide bonds. The highest BCUT2D eigenvalue weighted by atomic mass is 16.7. The van der Waals surface area contributed by atoms with E-state index in [9.17, 15) is 0 Å². The number of methoxy groups -OCH3 is 4. The van der Waals surface area contributed by atoms with Gasteiger partial charge >= 0.3 is 0 Å². The summed E-state index contributed by atoms with van der Waals surface area (Å²) in [5.41, 5.74) is 0. The SMILES string of the molecule is CCCCCCCCCC(CCCNCCCC(CCCCCCCCC)C(OC)OC)C(OC)OC. The fourth-order valence-electron chi connectivity index (χ4n) is 5.63. The van der Waals surface area contributed by atoms with E-state index in [0.29, 0.717) is 11.8 Å². The van der Waals surface area contributed by atoms with Gasteiger partial charge in [0.25, 0.3) is 0 Å². The van der Waals surface area contributed by atoms with Crippen molar-refractivity contribution >= 4 is 0 Å². The molecule has 0 aromatic heterocycles. The van der Waals surface area contributed by atoms with E-state index in [1.54, 1.807) is 28.4 Å². The average molecular weight is 530 g/mol. The lowest BCUT2D eigenvalue weighted by atomic mass is 9.94. The first-order chi connectivity index (χ1) is 18.2. The summed E-state index contributed by atoms with van der Waals surface area (Å²) in [7, 11) is 7.11. The molecule has 0 spiro atoms. The van der Waals surface area contributed by atoms with Crippen LogP contribution in [0.1, 0.15) is 142 Å². The predicted octanol–water partition coefficient (Wildman–Crippen LogP) is 8.89. The van der Waals surface area contributed by atoms with Crippen molar-refractivity contribution in [1.29, 1.82) is 0 Å². The number of hydrogen-bond acceptors (Lipinski definition) is 5. The van der Waals surface area contributed by atoms with Gasteiger partial charge in [-0.15, -0.1) is 0 Å². The Bertz CT molecular complexity index is 391. The molecule has 0 fully saturated rings. The molecule has 0 heterocycles. The first-order valence-electron chi connectivity index (χ1n) is 16.0. The summed E-state index contributed by atoms with van der Waals surface area (Å²) >= 11 is 0. The highest BCUT2D eigenvalue weighted by Gasteiger charge is 2.21. The van der Waals surface area contributed by atoms with Crippen LogP contribution in [0.5, 0.6) is 0 Å². The Morgan fingerprint density at radius 3 is 1.03 bits per heavy atom. The van der Waals surface area contributed by atoms with Gasteiger partial charge in [-0.1, -0.05) is 104 Å². The standard InChI is InChI=1S/C32H67NO4/c1-7-9-11-13-15-17-19-23-29(31(34-3)35-4)25-21-27-33-28-22-26-30(32(36-5)37-6)24-20-18-16-14-12-10-8-2/h29-33H,7-28H2,1-6H3. The maximum absolute atomic E-state index is 5.64.